The van der Waals surface area contributed by atoms with E-state index in [9.17, 15) is 4.79 Å². The standard InChI is InChI=1S/C32H34FN7O/c1-5-29(41)37-28-16-22(15-27(33)20(28)2)30-26-14-23(24(17-34)18-35-3)19-36-32(26)38-31(30)21-6-8-25(9-7-21)40-12-10-39(4)11-13-40/h5-9,14-19H,1,10-13,34H2,2-4H3,(H,36,38)(H,37,41)/b24-17+,35-18?. The summed E-state index contributed by atoms with van der Waals surface area (Å²) in [5, 5.41) is 3.52. The van der Waals surface area contributed by atoms with Gasteiger partial charge in [-0.25, -0.2) is 9.37 Å². The lowest BCUT2D eigenvalue weighted by molar-refractivity contribution is -0.111. The zero-order chi connectivity index (χ0) is 29.1. The zero-order valence-corrected chi connectivity index (χ0v) is 23.5. The number of aromatic amines is 1. The van der Waals surface area contributed by atoms with Crippen molar-refractivity contribution in [3.05, 3.63) is 84.5 Å². The van der Waals surface area contributed by atoms with E-state index in [1.165, 1.54) is 12.3 Å². The maximum absolute atomic E-state index is 15.3. The van der Waals surface area contributed by atoms with Crippen LogP contribution in [0.3, 0.4) is 0 Å². The first kappa shape index (κ1) is 27.8. The molecule has 5 rings (SSSR count). The number of nitrogens with two attached hydrogens (primary N) is 1. The second-order valence-electron chi connectivity index (χ2n) is 10.2. The lowest BCUT2D eigenvalue weighted by atomic mass is 9.95. The highest BCUT2D eigenvalue weighted by atomic mass is 19.1. The van der Waals surface area contributed by atoms with Gasteiger partial charge in [0.2, 0.25) is 5.91 Å². The summed E-state index contributed by atoms with van der Waals surface area (Å²) in [6.07, 6.45) is 6.04. The van der Waals surface area contributed by atoms with Crippen LogP contribution in [0.4, 0.5) is 15.8 Å². The molecule has 2 aromatic carbocycles. The number of nitrogens with one attached hydrogen (secondary N) is 2. The highest BCUT2D eigenvalue weighted by molar-refractivity contribution is 6.12. The SMILES string of the molecule is C=CC(=O)Nc1cc(-c2c(-c3ccc(N4CCN(C)CC4)cc3)[nH]c3ncc(/C(C=NC)=C/N)cc23)cc(F)c1C. The monoisotopic (exact) mass is 551 g/mol. The van der Waals surface area contributed by atoms with Crippen LogP contribution in [0, 0.1) is 12.7 Å². The highest BCUT2D eigenvalue weighted by Crippen LogP contribution is 2.41. The van der Waals surface area contributed by atoms with Crippen LogP contribution in [-0.4, -0.2) is 67.3 Å². The number of carbonyl (C=O) groups excluding carboxylic acids is 1. The second-order valence-corrected chi connectivity index (χ2v) is 10.2. The second kappa shape index (κ2) is 11.8. The van der Waals surface area contributed by atoms with E-state index in [4.69, 9.17) is 5.73 Å². The quantitative estimate of drug-likeness (QED) is 0.216. The molecule has 4 N–H and O–H groups in total. The van der Waals surface area contributed by atoms with E-state index in [1.54, 1.807) is 32.4 Å². The molecule has 1 aliphatic rings. The number of hydrogen-bond acceptors (Lipinski definition) is 6. The summed E-state index contributed by atoms with van der Waals surface area (Å²) < 4.78 is 15.3. The Bertz CT molecular complexity index is 1660. The van der Waals surface area contributed by atoms with E-state index >= 15 is 4.39 Å². The fourth-order valence-corrected chi connectivity index (χ4v) is 5.14. The molecule has 210 valence electrons. The van der Waals surface area contributed by atoms with Crippen molar-refractivity contribution in [1.82, 2.24) is 14.9 Å². The van der Waals surface area contributed by atoms with Crippen LogP contribution in [0.25, 0.3) is 39.0 Å². The van der Waals surface area contributed by atoms with Gasteiger partial charge in [-0.15, -0.1) is 0 Å². The Morgan fingerprint density at radius 2 is 1.88 bits per heavy atom. The molecule has 4 aromatic rings. The van der Waals surface area contributed by atoms with Crippen molar-refractivity contribution in [3.8, 4) is 22.4 Å². The largest absolute Gasteiger partial charge is 0.404 e. The van der Waals surface area contributed by atoms with Crippen molar-refractivity contribution >= 4 is 40.1 Å². The number of benzene rings is 2. The van der Waals surface area contributed by atoms with Crippen molar-refractivity contribution in [2.45, 2.75) is 6.92 Å². The van der Waals surface area contributed by atoms with Gasteiger partial charge in [0.05, 0.1) is 5.69 Å². The molecule has 1 amide bonds. The number of amides is 1. The third kappa shape index (κ3) is 5.62. The Hall–Kier alpha value is -4.76. The first-order valence-electron chi connectivity index (χ1n) is 13.5. The van der Waals surface area contributed by atoms with Gasteiger partial charge in [-0.2, -0.15) is 0 Å². The first-order chi connectivity index (χ1) is 19.8. The molecule has 3 heterocycles. The lowest BCUT2D eigenvalue weighted by Gasteiger charge is -2.34. The van der Waals surface area contributed by atoms with E-state index in [-0.39, 0.29) is 0 Å². The maximum Gasteiger partial charge on any atom is 0.247 e. The van der Waals surface area contributed by atoms with Crippen molar-refractivity contribution < 1.29 is 9.18 Å². The molecule has 0 bridgehead atoms. The van der Waals surface area contributed by atoms with Gasteiger partial charge in [0.1, 0.15) is 11.5 Å². The molecule has 9 heteroatoms. The van der Waals surface area contributed by atoms with E-state index in [2.05, 4.69) is 68.0 Å². The molecule has 1 saturated heterocycles. The number of likely N-dealkylation sites (N-methyl/N-ethyl adjacent to an activating group) is 1. The third-order valence-corrected chi connectivity index (χ3v) is 7.53. The Morgan fingerprint density at radius 3 is 2.54 bits per heavy atom. The molecule has 0 radical (unpaired) electrons. The van der Waals surface area contributed by atoms with Crippen molar-refractivity contribution in [1.29, 1.82) is 0 Å². The Labute approximate surface area is 239 Å². The number of carbonyl (C=O) groups is 1. The van der Waals surface area contributed by atoms with E-state index < -0.39 is 11.7 Å². The smallest absolute Gasteiger partial charge is 0.247 e. The summed E-state index contributed by atoms with van der Waals surface area (Å²) >= 11 is 0. The summed E-state index contributed by atoms with van der Waals surface area (Å²) in [6, 6.07) is 13.6. The van der Waals surface area contributed by atoms with Crippen LogP contribution in [0.2, 0.25) is 0 Å². The fourth-order valence-electron chi connectivity index (χ4n) is 5.14. The van der Waals surface area contributed by atoms with Gasteiger partial charge in [-0.05, 0) is 61.5 Å². The van der Waals surface area contributed by atoms with Crippen LogP contribution >= 0.6 is 0 Å². The maximum atomic E-state index is 15.3. The average molecular weight is 552 g/mol. The van der Waals surface area contributed by atoms with E-state index in [0.717, 1.165) is 65.7 Å². The summed E-state index contributed by atoms with van der Waals surface area (Å²) in [7, 11) is 3.82. The van der Waals surface area contributed by atoms with Gasteiger partial charge < -0.3 is 25.8 Å². The summed E-state index contributed by atoms with van der Waals surface area (Å²) in [5.74, 6) is -0.846. The van der Waals surface area contributed by atoms with Gasteiger partial charge in [0.15, 0.2) is 0 Å². The number of aliphatic imine (C=N–C) groups is 1. The number of aromatic nitrogens is 2. The molecule has 0 atom stereocenters. The minimum atomic E-state index is -0.433. The van der Waals surface area contributed by atoms with Crippen LogP contribution in [0.1, 0.15) is 11.1 Å². The van der Waals surface area contributed by atoms with Gasteiger partial charge in [0, 0.05) is 90.9 Å². The molecule has 0 spiro atoms. The number of rotatable bonds is 7. The van der Waals surface area contributed by atoms with Crippen molar-refractivity contribution in [2.75, 3.05) is 50.5 Å². The number of fused-ring (bicyclic) bond motifs is 1. The van der Waals surface area contributed by atoms with Crippen LogP contribution in [0.5, 0.6) is 0 Å². The van der Waals surface area contributed by atoms with Crippen LogP contribution in [0.15, 0.2) is 72.5 Å². The summed E-state index contributed by atoms with van der Waals surface area (Å²) in [4.78, 5) is 29.1. The van der Waals surface area contributed by atoms with Crippen LogP contribution < -0.4 is 16.0 Å². The minimum Gasteiger partial charge on any atom is -0.404 e. The molecule has 1 aliphatic heterocycles. The predicted molar refractivity (Wildman–Crippen MR) is 167 cm³/mol. The molecule has 0 unspecified atom stereocenters. The van der Waals surface area contributed by atoms with Gasteiger partial charge in [0.25, 0.3) is 0 Å². The van der Waals surface area contributed by atoms with Crippen LogP contribution in [-0.2, 0) is 4.79 Å². The molecule has 2 aromatic heterocycles. The predicted octanol–water partition coefficient (Wildman–Crippen LogP) is 5.22. The number of nitrogens with zero attached hydrogens (tertiary/aromatic N) is 4. The normalized spacial score (nSPS) is 14.6. The number of pyridine rings is 1. The molecule has 0 aliphatic carbocycles. The first-order valence-corrected chi connectivity index (χ1v) is 13.5. The van der Waals surface area contributed by atoms with Gasteiger partial charge in [-0.3, -0.25) is 9.79 Å². The van der Waals surface area contributed by atoms with Gasteiger partial charge in [-0.1, -0.05) is 18.7 Å². The fraction of sp³-hybridized carbons (Fsp3) is 0.219. The number of anilines is 2. The Morgan fingerprint density at radius 1 is 1.15 bits per heavy atom. The molecular formula is C32H34FN7O. The number of H-pyrrole nitrogens is 1. The van der Waals surface area contributed by atoms with Gasteiger partial charge >= 0.3 is 0 Å². The number of allylic oxidation sites excluding steroid dienone is 1. The van der Waals surface area contributed by atoms with Crippen molar-refractivity contribution in [2.24, 2.45) is 10.7 Å². The molecular weight excluding hydrogens is 517 g/mol. The minimum absolute atomic E-state index is 0.341. The van der Waals surface area contributed by atoms with E-state index in [1.807, 2.05) is 6.07 Å². The Kier molecular flexibility index (Phi) is 7.98. The number of piperazine rings is 1. The lowest BCUT2D eigenvalue weighted by Crippen LogP contribution is -2.44. The summed E-state index contributed by atoms with van der Waals surface area (Å²) in [5.41, 5.74) is 13.0. The van der Waals surface area contributed by atoms with E-state index in [0.29, 0.717) is 28.0 Å². The number of halogens is 1. The summed E-state index contributed by atoms with van der Waals surface area (Å²) in [6.45, 7) is 9.14. The zero-order valence-electron chi connectivity index (χ0n) is 23.5. The topological polar surface area (TPSA) is 103 Å². The molecule has 8 nitrogen and oxygen atoms in total. The average Bonchev–Trinajstić information content (AvgIpc) is 3.37. The third-order valence-electron chi connectivity index (χ3n) is 7.53. The molecule has 0 saturated carbocycles. The highest BCUT2D eigenvalue weighted by Gasteiger charge is 2.21. The Balaban J connectivity index is 1.68. The molecule has 41 heavy (non-hydrogen) atoms. The van der Waals surface area contributed by atoms with Crippen molar-refractivity contribution in [3.63, 3.8) is 0 Å². The number of hydrogen-bond donors (Lipinski definition) is 3. The molecule has 1 fully saturated rings.